The van der Waals surface area contributed by atoms with Gasteiger partial charge in [-0.15, -0.1) is 0 Å². The van der Waals surface area contributed by atoms with Crippen molar-refractivity contribution < 1.29 is 13.5 Å². The Morgan fingerprint density at radius 3 is 2.74 bits per heavy atom. The predicted molar refractivity (Wildman–Crippen MR) is 141 cm³/mol. The molecule has 188 valence electrons. The second-order valence-corrected chi connectivity index (χ2v) is 10.3. The van der Waals surface area contributed by atoms with Gasteiger partial charge in [0, 0.05) is 44.0 Å². The molecule has 0 aliphatic carbocycles. The summed E-state index contributed by atoms with van der Waals surface area (Å²) in [5.41, 5.74) is 2.39. The van der Waals surface area contributed by atoms with Gasteiger partial charge >= 0.3 is 0 Å². The van der Waals surface area contributed by atoms with Crippen LogP contribution in [0.25, 0.3) is 22.6 Å². The molecular formula is C23H31N7O3S2. The van der Waals surface area contributed by atoms with Gasteiger partial charge in [0.1, 0.15) is 5.75 Å². The zero-order chi connectivity index (χ0) is 25.6. The molecule has 0 aliphatic rings. The average Bonchev–Trinajstić information content (AvgIpc) is 3.09. The van der Waals surface area contributed by atoms with E-state index in [1.807, 2.05) is 49.5 Å². The van der Waals surface area contributed by atoms with Crippen LogP contribution >= 0.6 is 11.8 Å². The lowest BCUT2D eigenvalue weighted by atomic mass is 10.1. The van der Waals surface area contributed by atoms with Crippen molar-refractivity contribution >= 4 is 28.6 Å². The Labute approximate surface area is 211 Å². The van der Waals surface area contributed by atoms with Crippen LogP contribution in [0.1, 0.15) is 13.8 Å². The highest BCUT2D eigenvalue weighted by Gasteiger charge is 2.21. The summed E-state index contributed by atoms with van der Waals surface area (Å²) >= 11 is 1.41. The second kappa shape index (κ2) is 11.7. The van der Waals surface area contributed by atoms with Gasteiger partial charge < -0.3 is 19.9 Å². The topological polar surface area (TPSA) is 125 Å². The van der Waals surface area contributed by atoms with Crippen LogP contribution in [0.15, 0.2) is 53.7 Å². The minimum Gasteiger partial charge on any atom is -0.508 e. The van der Waals surface area contributed by atoms with Gasteiger partial charge in [0.15, 0.2) is 5.16 Å². The number of aromatic hydroxyl groups is 1. The molecule has 35 heavy (non-hydrogen) atoms. The molecule has 0 bridgehead atoms. The summed E-state index contributed by atoms with van der Waals surface area (Å²) in [4.78, 5) is 15.8. The molecule has 2 aromatic heterocycles. The van der Waals surface area contributed by atoms with E-state index in [1.54, 1.807) is 29.8 Å². The average molecular weight is 518 g/mol. The van der Waals surface area contributed by atoms with E-state index < -0.39 is 16.4 Å². The third-order valence-electron chi connectivity index (χ3n) is 5.10. The number of aromatic nitrogens is 4. The fraction of sp³-hybridized carbons (Fsp3) is 0.348. The van der Waals surface area contributed by atoms with Gasteiger partial charge in [0.05, 0.1) is 17.1 Å². The maximum atomic E-state index is 11.0. The van der Waals surface area contributed by atoms with E-state index in [4.69, 9.17) is 9.97 Å². The molecule has 3 aromatic rings. The number of phenols is 1. The number of phenolic OH excluding ortho intramolecular Hbond substituents is 1. The van der Waals surface area contributed by atoms with Crippen molar-refractivity contribution in [1.29, 1.82) is 0 Å². The maximum Gasteiger partial charge on any atom is 0.223 e. The van der Waals surface area contributed by atoms with Crippen molar-refractivity contribution in [1.82, 2.24) is 29.1 Å². The Morgan fingerprint density at radius 1 is 1.29 bits per heavy atom. The summed E-state index contributed by atoms with van der Waals surface area (Å²) in [6.07, 6.45) is 1.69. The van der Waals surface area contributed by atoms with E-state index in [1.165, 1.54) is 11.8 Å². The summed E-state index contributed by atoms with van der Waals surface area (Å²) in [6.45, 7) is 9.25. The maximum absolute atomic E-state index is 11.0. The summed E-state index contributed by atoms with van der Waals surface area (Å²) in [5, 5.41) is 15.7. The minimum atomic E-state index is -2.66. The summed E-state index contributed by atoms with van der Waals surface area (Å²) < 4.78 is 26.5. The first-order chi connectivity index (χ1) is 16.6. The Balaban J connectivity index is 1.79. The molecule has 0 saturated heterocycles. The van der Waals surface area contributed by atoms with Crippen LogP contribution in [-0.4, -0.2) is 70.2 Å². The van der Waals surface area contributed by atoms with Crippen LogP contribution in [-0.2, 0) is 17.9 Å². The zero-order valence-electron chi connectivity index (χ0n) is 20.2. The molecule has 10 nitrogen and oxygen atoms in total. The van der Waals surface area contributed by atoms with Crippen molar-refractivity contribution in [3.05, 3.63) is 48.5 Å². The number of rotatable bonds is 12. The molecule has 0 unspecified atom stereocenters. The summed E-state index contributed by atoms with van der Waals surface area (Å²) in [5.74, 6) is 0.628. The largest absolute Gasteiger partial charge is 0.508 e. The first kappa shape index (κ1) is 26.7. The van der Waals surface area contributed by atoms with Crippen LogP contribution in [0.5, 0.6) is 5.75 Å². The number of nitrogens with zero attached hydrogens (tertiary/aromatic N) is 5. The molecule has 1 aromatic carbocycles. The van der Waals surface area contributed by atoms with E-state index >= 15 is 0 Å². The van der Waals surface area contributed by atoms with Crippen molar-refractivity contribution in [2.45, 2.75) is 24.5 Å². The molecule has 0 fully saturated rings. The minimum absolute atomic E-state index is 0.159. The second-order valence-electron chi connectivity index (χ2n) is 8.67. The van der Waals surface area contributed by atoms with Gasteiger partial charge in [0.2, 0.25) is 16.8 Å². The van der Waals surface area contributed by atoms with E-state index in [9.17, 15) is 13.5 Å². The zero-order valence-corrected chi connectivity index (χ0v) is 21.9. The number of anilines is 1. The molecule has 3 rings (SSSR count). The Kier molecular flexibility index (Phi) is 8.89. The van der Waals surface area contributed by atoms with Gasteiger partial charge in [-0.2, -0.15) is 0 Å². The molecule has 0 spiro atoms. The smallest absolute Gasteiger partial charge is 0.223 e. The van der Waals surface area contributed by atoms with Gasteiger partial charge in [-0.25, -0.2) is 28.1 Å². The fourth-order valence-corrected chi connectivity index (χ4v) is 4.88. The number of thiol groups is 1. The lowest BCUT2D eigenvalue weighted by molar-refractivity contribution is 0.265. The van der Waals surface area contributed by atoms with Crippen molar-refractivity contribution in [3.8, 4) is 28.4 Å². The molecular weight excluding hydrogens is 486 g/mol. The first-order valence-electron chi connectivity index (χ1n) is 10.9. The highest BCUT2D eigenvalue weighted by molar-refractivity contribution is 8.02. The Morgan fingerprint density at radius 2 is 2.06 bits per heavy atom. The number of benzene rings is 1. The number of imidazole rings is 1. The monoisotopic (exact) mass is 517 g/mol. The van der Waals surface area contributed by atoms with Crippen molar-refractivity contribution in [2.24, 2.45) is 7.05 Å². The van der Waals surface area contributed by atoms with E-state index in [0.717, 1.165) is 16.4 Å². The quantitative estimate of drug-likeness (QED) is 0.212. The Bertz CT molecular complexity index is 1250. The van der Waals surface area contributed by atoms with Crippen LogP contribution in [0.2, 0.25) is 0 Å². The molecule has 0 amide bonds. The Hall–Kier alpha value is -2.93. The third kappa shape index (κ3) is 7.28. The fourth-order valence-electron chi connectivity index (χ4n) is 3.78. The third-order valence-corrected chi connectivity index (χ3v) is 6.63. The number of hydrogen-bond acceptors (Lipinski definition) is 9. The highest BCUT2D eigenvalue weighted by atomic mass is 32.2. The van der Waals surface area contributed by atoms with Crippen LogP contribution in [0, 0.1) is 0 Å². The molecule has 0 aliphatic heterocycles. The lowest BCUT2D eigenvalue weighted by Gasteiger charge is -2.29. The van der Waals surface area contributed by atoms with Crippen LogP contribution in [0.3, 0.4) is 0 Å². The summed E-state index contributed by atoms with van der Waals surface area (Å²) in [6, 6.07) is 8.78. The molecule has 3 N–H and O–H groups in total. The summed E-state index contributed by atoms with van der Waals surface area (Å²) in [7, 11) is 1.18. The van der Waals surface area contributed by atoms with Gasteiger partial charge in [-0.1, -0.05) is 30.5 Å². The molecule has 0 radical (unpaired) electrons. The molecule has 0 atom stereocenters. The lowest BCUT2D eigenvalue weighted by Crippen LogP contribution is -2.48. The molecule has 12 heteroatoms. The van der Waals surface area contributed by atoms with E-state index in [-0.39, 0.29) is 5.75 Å². The molecule has 2 heterocycles. The standard InChI is InChI=1S/C23H31N7O3S2/c1-6-34-22-27-19(16-8-7-9-17(31)14-16)20(30(22)5)18-10-11-24-21(26-18)25-12-13-29(4)15-23(2,3)28-35(32)33/h6-11,14,31,35H,1,12-13,15H2,2-5H3,(H,24,25,26)(H,28,32,33). The first-order valence-corrected chi connectivity index (χ1v) is 13.0. The van der Waals surface area contributed by atoms with E-state index in [2.05, 4.69) is 21.6 Å². The predicted octanol–water partition coefficient (Wildman–Crippen LogP) is 2.72. The van der Waals surface area contributed by atoms with Crippen molar-refractivity contribution in [3.63, 3.8) is 0 Å². The highest BCUT2D eigenvalue weighted by Crippen LogP contribution is 2.35. The number of hydrogen-bond donors (Lipinski definition) is 4. The van der Waals surface area contributed by atoms with Crippen LogP contribution in [0.4, 0.5) is 5.95 Å². The van der Waals surface area contributed by atoms with Crippen molar-refractivity contribution in [2.75, 3.05) is 32.0 Å². The molecule has 0 saturated carbocycles. The van der Waals surface area contributed by atoms with Gasteiger partial charge in [0.25, 0.3) is 0 Å². The van der Waals surface area contributed by atoms with Gasteiger partial charge in [-0.05, 0) is 44.5 Å². The van der Waals surface area contributed by atoms with Crippen LogP contribution < -0.4 is 10.0 Å². The normalized spacial score (nSPS) is 11.8. The number of likely N-dealkylation sites (N-methyl/N-ethyl adjacent to an activating group) is 1. The number of thioether (sulfide) groups is 1. The number of nitrogens with one attached hydrogen (secondary N) is 2. The SMILES string of the molecule is C=CSc1nc(-c2cccc(O)c2)c(-c2ccnc(NCCN(C)CC(C)(C)N[SH](=O)=O)n2)n1C. The van der Waals surface area contributed by atoms with E-state index in [0.29, 0.717) is 37.0 Å². The van der Waals surface area contributed by atoms with Gasteiger partial charge in [-0.3, -0.25) is 0 Å².